The second kappa shape index (κ2) is 5.16. The van der Waals surface area contributed by atoms with Crippen LogP contribution in [0.25, 0.3) is 0 Å². The molecule has 0 saturated carbocycles. The van der Waals surface area contributed by atoms with Gasteiger partial charge in [0.15, 0.2) is 5.95 Å². The molecule has 1 aromatic heterocycles. The van der Waals surface area contributed by atoms with E-state index in [9.17, 15) is 0 Å². The van der Waals surface area contributed by atoms with Crippen LogP contribution in [0.4, 0.5) is 5.95 Å². The number of hydrogen-bond donors (Lipinski definition) is 1. The van der Waals surface area contributed by atoms with Gasteiger partial charge in [0.2, 0.25) is 0 Å². The third kappa shape index (κ3) is 3.55. The van der Waals surface area contributed by atoms with Crippen molar-refractivity contribution >= 4 is 5.95 Å². The third-order valence-electron chi connectivity index (χ3n) is 2.41. The van der Waals surface area contributed by atoms with Gasteiger partial charge in [-0.3, -0.25) is 0 Å². The number of anilines is 1. The Kier molecular flexibility index (Phi) is 4.15. The minimum atomic E-state index is 0.419. The Bertz CT molecular complexity index is 281. The summed E-state index contributed by atoms with van der Waals surface area (Å²) in [5.74, 6) is 1.28. The first-order chi connectivity index (χ1) is 7.00. The quantitative estimate of drug-likeness (QED) is 0.803. The van der Waals surface area contributed by atoms with E-state index < -0.39 is 0 Å². The standard InChI is InChI=1S/C11H22N4/c1-9(2)7-10(8-14(3)4)15-6-5-13-11(15)12/h5-6,9-10H,7-8H2,1-4H3,(H2,12,13). The van der Waals surface area contributed by atoms with Gasteiger partial charge < -0.3 is 15.2 Å². The van der Waals surface area contributed by atoms with Crippen LogP contribution in [0, 0.1) is 5.92 Å². The highest BCUT2D eigenvalue weighted by Crippen LogP contribution is 2.20. The molecule has 1 rings (SSSR count). The lowest BCUT2D eigenvalue weighted by atomic mass is 10.0. The van der Waals surface area contributed by atoms with E-state index in [0.29, 0.717) is 17.9 Å². The first kappa shape index (κ1) is 12.0. The number of aromatic nitrogens is 2. The molecule has 0 spiro atoms. The molecule has 4 nitrogen and oxygen atoms in total. The second-order valence-corrected chi connectivity index (χ2v) is 4.74. The summed E-state index contributed by atoms with van der Waals surface area (Å²) in [6, 6.07) is 0.419. The molecule has 0 fully saturated rings. The van der Waals surface area contributed by atoms with Crippen molar-refractivity contribution in [1.29, 1.82) is 0 Å². The van der Waals surface area contributed by atoms with Crippen molar-refractivity contribution in [1.82, 2.24) is 14.5 Å². The van der Waals surface area contributed by atoms with Gasteiger partial charge in [0.05, 0.1) is 0 Å². The Morgan fingerprint density at radius 2 is 2.13 bits per heavy atom. The van der Waals surface area contributed by atoms with Crippen LogP contribution in [-0.4, -0.2) is 35.1 Å². The summed E-state index contributed by atoms with van der Waals surface area (Å²) in [4.78, 5) is 6.26. The lowest BCUT2D eigenvalue weighted by molar-refractivity contribution is 0.290. The molecule has 0 saturated heterocycles. The Hall–Kier alpha value is -1.03. The fourth-order valence-electron chi connectivity index (χ4n) is 1.88. The Morgan fingerprint density at radius 3 is 2.53 bits per heavy atom. The molecule has 2 N–H and O–H groups in total. The van der Waals surface area contributed by atoms with E-state index in [0.717, 1.165) is 13.0 Å². The molecule has 0 radical (unpaired) electrons. The summed E-state index contributed by atoms with van der Waals surface area (Å²) in [6.07, 6.45) is 4.85. The van der Waals surface area contributed by atoms with Gasteiger partial charge in [-0.25, -0.2) is 4.98 Å². The SMILES string of the molecule is CC(C)CC(CN(C)C)n1ccnc1N. The van der Waals surface area contributed by atoms with Gasteiger partial charge in [-0.15, -0.1) is 0 Å². The predicted molar refractivity (Wildman–Crippen MR) is 63.7 cm³/mol. The van der Waals surface area contributed by atoms with Crippen molar-refractivity contribution in [3.8, 4) is 0 Å². The first-order valence-electron chi connectivity index (χ1n) is 5.43. The molecule has 1 unspecified atom stereocenters. The zero-order valence-corrected chi connectivity index (χ0v) is 10.1. The minimum Gasteiger partial charge on any atom is -0.369 e. The van der Waals surface area contributed by atoms with Crippen LogP contribution in [0.1, 0.15) is 26.3 Å². The van der Waals surface area contributed by atoms with Crippen LogP contribution in [-0.2, 0) is 0 Å². The normalized spacial score (nSPS) is 13.7. The van der Waals surface area contributed by atoms with Crippen LogP contribution in [0.5, 0.6) is 0 Å². The molecule has 86 valence electrons. The maximum absolute atomic E-state index is 5.83. The summed E-state index contributed by atoms with van der Waals surface area (Å²) in [5, 5.41) is 0. The molecule has 0 aromatic carbocycles. The summed E-state index contributed by atoms with van der Waals surface area (Å²) in [5.41, 5.74) is 5.83. The maximum Gasteiger partial charge on any atom is 0.200 e. The fraction of sp³-hybridized carbons (Fsp3) is 0.727. The molecule has 0 aliphatic carbocycles. The van der Waals surface area contributed by atoms with Gasteiger partial charge in [-0.1, -0.05) is 13.8 Å². The Labute approximate surface area is 92.1 Å². The largest absolute Gasteiger partial charge is 0.369 e. The molecule has 0 aliphatic rings. The topological polar surface area (TPSA) is 47.1 Å². The van der Waals surface area contributed by atoms with E-state index in [1.54, 1.807) is 6.20 Å². The van der Waals surface area contributed by atoms with Crippen LogP contribution in [0.3, 0.4) is 0 Å². The van der Waals surface area contributed by atoms with Crippen LogP contribution in [0.15, 0.2) is 12.4 Å². The van der Waals surface area contributed by atoms with E-state index in [4.69, 9.17) is 5.73 Å². The monoisotopic (exact) mass is 210 g/mol. The molecule has 1 atom stereocenters. The first-order valence-corrected chi connectivity index (χ1v) is 5.43. The van der Waals surface area contributed by atoms with Crippen molar-refractivity contribution in [2.75, 3.05) is 26.4 Å². The van der Waals surface area contributed by atoms with E-state index in [1.807, 2.05) is 6.20 Å². The summed E-state index contributed by atoms with van der Waals surface area (Å²) in [7, 11) is 4.17. The van der Waals surface area contributed by atoms with Crippen LogP contribution in [0.2, 0.25) is 0 Å². The number of rotatable bonds is 5. The van der Waals surface area contributed by atoms with Crippen molar-refractivity contribution in [2.24, 2.45) is 5.92 Å². The fourth-order valence-corrected chi connectivity index (χ4v) is 1.88. The molecule has 1 aromatic rings. The van der Waals surface area contributed by atoms with Gasteiger partial charge in [0.25, 0.3) is 0 Å². The van der Waals surface area contributed by atoms with Gasteiger partial charge in [-0.2, -0.15) is 0 Å². The third-order valence-corrected chi connectivity index (χ3v) is 2.41. The van der Waals surface area contributed by atoms with E-state index in [1.165, 1.54) is 0 Å². The number of imidazole rings is 1. The van der Waals surface area contributed by atoms with Gasteiger partial charge in [-0.05, 0) is 26.4 Å². The van der Waals surface area contributed by atoms with Crippen molar-refractivity contribution < 1.29 is 0 Å². The number of nitrogens with zero attached hydrogens (tertiary/aromatic N) is 3. The van der Waals surface area contributed by atoms with Gasteiger partial charge in [0.1, 0.15) is 0 Å². The molecular formula is C11H22N4. The highest BCUT2D eigenvalue weighted by atomic mass is 15.2. The smallest absolute Gasteiger partial charge is 0.200 e. The van der Waals surface area contributed by atoms with Crippen LogP contribution < -0.4 is 5.73 Å². The number of likely N-dealkylation sites (N-methyl/N-ethyl adjacent to an activating group) is 1. The van der Waals surface area contributed by atoms with E-state index in [2.05, 4.69) is 42.4 Å². The molecule has 15 heavy (non-hydrogen) atoms. The molecule has 4 heteroatoms. The average Bonchev–Trinajstić information content (AvgIpc) is 2.48. The summed E-state index contributed by atoms with van der Waals surface area (Å²) < 4.78 is 2.07. The molecule has 0 aliphatic heterocycles. The Morgan fingerprint density at radius 1 is 1.47 bits per heavy atom. The highest BCUT2D eigenvalue weighted by Gasteiger charge is 2.15. The number of hydrogen-bond acceptors (Lipinski definition) is 3. The van der Waals surface area contributed by atoms with Crippen LogP contribution >= 0.6 is 0 Å². The second-order valence-electron chi connectivity index (χ2n) is 4.74. The lowest BCUT2D eigenvalue weighted by Gasteiger charge is -2.24. The minimum absolute atomic E-state index is 0.419. The zero-order valence-electron chi connectivity index (χ0n) is 10.1. The number of nitrogen functional groups attached to an aromatic ring is 1. The summed E-state index contributed by atoms with van der Waals surface area (Å²) in [6.45, 7) is 5.46. The Balaban J connectivity index is 2.76. The molecular weight excluding hydrogens is 188 g/mol. The molecule has 0 amide bonds. The molecule has 0 bridgehead atoms. The van der Waals surface area contributed by atoms with Crippen molar-refractivity contribution in [2.45, 2.75) is 26.3 Å². The van der Waals surface area contributed by atoms with Crippen molar-refractivity contribution in [3.63, 3.8) is 0 Å². The van der Waals surface area contributed by atoms with Crippen molar-refractivity contribution in [3.05, 3.63) is 12.4 Å². The van der Waals surface area contributed by atoms with E-state index >= 15 is 0 Å². The summed E-state index contributed by atoms with van der Waals surface area (Å²) >= 11 is 0. The van der Waals surface area contributed by atoms with Gasteiger partial charge >= 0.3 is 0 Å². The molecule has 1 heterocycles. The number of nitrogens with two attached hydrogens (primary N) is 1. The highest BCUT2D eigenvalue weighted by molar-refractivity contribution is 5.18. The zero-order chi connectivity index (χ0) is 11.4. The average molecular weight is 210 g/mol. The maximum atomic E-state index is 5.83. The predicted octanol–water partition coefficient (Wildman–Crippen LogP) is 1.61. The lowest BCUT2D eigenvalue weighted by Crippen LogP contribution is -2.26. The van der Waals surface area contributed by atoms with E-state index in [-0.39, 0.29) is 0 Å². The van der Waals surface area contributed by atoms with Gasteiger partial charge in [0, 0.05) is 25.0 Å².